The second-order valence-corrected chi connectivity index (χ2v) is 5.27. The quantitative estimate of drug-likeness (QED) is 0.663. The minimum Gasteiger partial charge on any atom is -0.399 e. The summed E-state index contributed by atoms with van der Waals surface area (Å²) in [6.45, 7) is 1.92. The van der Waals surface area contributed by atoms with Crippen molar-refractivity contribution in [1.82, 2.24) is 0 Å². The zero-order valence-corrected chi connectivity index (χ0v) is 11.5. The minimum absolute atomic E-state index is 0.0157. The first-order valence-corrected chi connectivity index (χ1v) is 6.97. The van der Waals surface area contributed by atoms with Crippen molar-refractivity contribution in [3.8, 4) is 0 Å². The van der Waals surface area contributed by atoms with Gasteiger partial charge >= 0.3 is 0 Å². The molecule has 0 heterocycles. The van der Waals surface area contributed by atoms with E-state index in [2.05, 4.69) is 5.32 Å². The lowest BCUT2D eigenvalue weighted by atomic mass is 10.2. The van der Waals surface area contributed by atoms with Gasteiger partial charge in [-0.1, -0.05) is 18.2 Å². The van der Waals surface area contributed by atoms with Crippen molar-refractivity contribution in [2.45, 2.75) is 11.8 Å². The van der Waals surface area contributed by atoms with Gasteiger partial charge in [0.25, 0.3) is 0 Å². The molecule has 3 N–H and O–H groups in total. The number of hydrogen-bond acceptors (Lipinski definition) is 3. The number of rotatable bonds is 4. The van der Waals surface area contributed by atoms with Crippen LogP contribution in [-0.4, -0.2) is 11.7 Å². The molecule has 3 nitrogen and oxygen atoms in total. The predicted molar refractivity (Wildman–Crippen MR) is 81.4 cm³/mol. The number of carbonyl (C=O) groups excluding carboxylic acids is 1. The Hall–Kier alpha value is -1.94. The molecule has 0 atom stereocenters. The monoisotopic (exact) mass is 272 g/mol. The van der Waals surface area contributed by atoms with E-state index in [1.165, 1.54) is 11.8 Å². The molecular weight excluding hydrogens is 256 g/mol. The molecule has 0 radical (unpaired) electrons. The van der Waals surface area contributed by atoms with Crippen LogP contribution in [-0.2, 0) is 4.79 Å². The lowest BCUT2D eigenvalue weighted by Crippen LogP contribution is -2.14. The molecule has 0 aliphatic rings. The topological polar surface area (TPSA) is 55.1 Å². The fraction of sp³-hybridized carbons (Fsp3) is 0.133. The molecule has 0 aliphatic carbocycles. The third-order valence-corrected chi connectivity index (χ3v) is 3.68. The molecule has 2 aromatic rings. The van der Waals surface area contributed by atoms with Crippen LogP contribution >= 0.6 is 11.8 Å². The second-order valence-electron chi connectivity index (χ2n) is 4.22. The minimum atomic E-state index is -0.0157. The maximum absolute atomic E-state index is 11.8. The number of anilines is 2. The molecule has 0 saturated heterocycles. The molecular formula is C15H16N2OS. The van der Waals surface area contributed by atoms with Gasteiger partial charge in [0.05, 0.1) is 5.75 Å². The van der Waals surface area contributed by atoms with E-state index < -0.39 is 0 Å². The Kier molecular flexibility index (Phi) is 4.47. The standard InChI is InChI=1S/C15H16N2OS/c1-11-9-12(7-8-14(11)16)17-15(18)10-19-13-5-3-2-4-6-13/h2-9H,10,16H2,1H3,(H,17,18). The SMILES string of the molecule is Cc1cc(NC(=O)CSc2ccccc2)ccc1N. The zero-order chi connectivity index (χ0) is 13.7. The number of carbonyl (C=O) groups is 1. The first-order valence-electron chi connectivity index (χ1n) is 5.99. The van der Waals surface area contributed by atoms with Crippen LogP contribution in [0, 0.1) is 6.92 Å². The van der Waals surface area contributed by atoms with Gasteiger partial charge in [-0.2, -0.15) is 0 Å². The van der Waals surface area contributed by atoms with Crippen LogP contribution < -0.4 is 11.1 Å². The van der Waals surface area contributed by atoms with E-state index in [1.54, 1.807) is 6.07 Å². The van der Waals surface area contributed by atoms with Gasteiger partial charge in [-0.15, -0.1) is 11.8 Å². The summed E-state index contributed by atoms with van der Waals surface area (Å²) >= 11 is 1.52. The van der Waals surface area contributed by atoms with E-state index in [4.69, 9.17) is 5.73 Å². The highest BCUT2D eigenvalue weighted by Gasteiger charge is 2.04. The molecule has 19 heavy (non-hydrogen) atoms. The van der Waals surface area contributed by atoms with E-state index in [1.807, 2.05) is 49.4 Å². The van der Waals surface area contributed by atoms with Crippen LogP contribution in [0.3, 0.4) is 0 Å². The normalized spacial score (nSPS) is 10.2. The molecule has 0 aliphatic heterocycles. The number of thioether (sulfide) groups is 1. The highest BCUT2D eigenvalue weighted by atomic mass is 32.2. The summed E-state index contributed by atoms with van der Waals surface area (Å²) in [5.41, 5.74) is 8.22. The molecule has 4 heteroatoms. The van der Waals surface area contributed by atoms with Gasteiger partial charge in [0.1, 0.15) is 0 Å². The maximum Gasteiger partial charge on any atom is 0.234 e. The van der Waals surface area contributed by atoms with Crippen LogP contribution in [0.2, 0.25) is 0 Å². The molecule has 0 aromatic heterocycles. The lowest BCUT2D eigenvalue weighted by molar-refractivity contribution is -0.113. The third kappa shape index (κ3) is 4.03. The van der Waals surface area contributed by atoms with Gasteiger partial charge in [-0.05, 0) is 42.8 Å². The van der Waals surface area contributed by atoms with Crippen molar-refractivity contribution in [2.24, 2.45) is 0 Å². The molecule has 98 valence electrons. The Labute approximate surface area is 117 Å². The maximum atomic E-state index is 11.8. The molecule has 2 rings (SSSR count). The molecule has 2 aromatic carbocycles. The Balaban J connectivity index is 1.89. The Morgan fingerprint density at radius 3 is 2.63 bits per heavy atom. The fourth-order valence-corrected chi connectivity index (χ4v) is 2.34. The predicted octanol–water partition coefficient (Wildman–Crippen LogP) is 3.31. The van der Waals surface area contributed by atoms with Crippen molar-refractivity contribution < 1.29 is 4.79 Å². The van der Waals surface area contributed by atoms with Gasteiger partial charge in [-0.3, -0.25) is 4.79 Å². The number of amides is 1. The summed E-state index contributed by atoms with van der Waals surface area (Å²) in [5, 5.41) is 2.86. The number of aryl methyl sites for hydroxylation is 1. The number of nitrogens with one attached hydrogen (secondary N) is 1. The van der Waals surface area contributed by atoms with Crippen LogP contribution in [0.5, 0.6) is 0 Å². The highest BCUT2D eigenvalue weighted by molar-refractivity contribution is 8.00. The average Bonchev–Trinajstić information content (AvgIpc) is 2.42. The van der Waals surface area contributed by atoms with E-state index in [0.29, 0.717) is 5.75 Å². The molecule has 0 bridgehead atoms. The number of hydrogen-bond donors (Lipinski definition) is 2. The van der Waals surface area contributed by atoms with Crippen LogP contribution in [0.25, 0.3) is 0 Å². The summed E-state index contributed by atoms with van der Waals surface area (Å²) in [5.74, 6) is 0.381. The third-order valence-electron chi connectivity index (χ3n) is 2.67. The Bertz CT molecular complexity index is 570. The van der Waals surface area contributed by atoms with Crippen molar-refractivity contribution in [1.29, 1.82) is 0 Å². The average molecular weight is 272 g/mol. The molecule has 0 saturated carbocycles. The van der Waals surface area contributed by atoms with Crippen LogP contribution in [0.15, 0.2) is 53.4 Å². The van der Waals surface area contributed by atoms with Crippen molar-refractivity contribution in [3.63, 3.8) is 0 Å². The molecule has 0 spiro atoms. The van der Waals surface area contributed by atoms with Gasteiger partial charge in [0.15, 0.2) is 0 Å². The van der Waals surface area contributed by atoms with Gasteiger partial charge in [-0.25, -0.2) is 0 Å². The second kappa shape index (κ2) is 6.29. The summed E-state index contributed by atoms with van der Waals surface area (Å²) in [4.78, 5) is 12.9. The molecule has 1 amide bonds. The zero-order valence-electron chi connectivity index (χ0n) is 10.7. The lowest BCUT2D eigenvalue weighted by Gasteiger charge is -2.07. The van der Waals surface area contributed by atoms with Crippen LogP contribution in [0.1, 0.15) is 5.56 Å². The van der Waals surface area contributed by atoms with Crippen molar-refractivity contribution in [2.75, 3.05) is 16.8 Å². The largest absolute Gasteiger partial charge is 0.399 e. The van der Waals surface area contributed by atoms with Crippen molar-refractivity contribution >= 4 is 29.0 Å². The summed E-state index contributed by atoms with van der Waals surface area (Å²) in [7, 11) is 0. The summed E-state index contributed by atoms with van der Waals surface area (Å²) in [6, 6.07) is 15.4. The fourth-order valence-electron chi connectivity index (χ4n) is 1.62. The first-order chi connectivity index (χ1) is 9.15. The van der Waals surface area contributed by atoms with Gasteiger partial charge in [0.2, 0.25) is 5.91 Å². The number of nitrogen functional groups attached to an aromatic ring is 1. The summed E-state index contributed by atoms with van der Waals surface area (Å²) in [6.07, 6.45) is 0. The molecule has 0 fully saturated rings. The highest BCUT2D eigenvalue weighted by Crippen LogP contribution is 2.19. The van der Waals surface area contributed by atoms with E-state index in [9.17, 15) is 4.79 Å². The first kappa shape index (κ1) is 13.5. The van der Waals surface area contributed by atoms with E-state index in [0.717, 1.165) is 21.8 Å². The van der Waals surface area contributed by atoms with Gasteiger partial charge in [0, 0.05) is 16.3 Å². The molecule has 0 unspecified atom stereocenters. The smallest absolute Gasteiger partial charge is 0.234 e. The van der Waals surface area contributed by atoms with Crippen molar-refractivity contribution in [3.05, 3.63) is 54.1 Å². The number of benzene rings is 2. The van der Waals surface area contributed by atoms with Gasteiger partial charge < -0.3 is 11.1 Å². The number of nitrogens with two attached hydrogens (primary N) is 1. The van der Waals surface area contributed by atoms with Crippen LogP contribution in [0.4, 0.5) is 11.4 Å². The Morgan fingerprint density at radius 1 is 1.21 bits per heavy atom. The Morgan fingerprint density at radius 2 is 1.95 bits per heavy atom. The summed E-state index contributed by atoms with van der Waals surface area (Å²) < 4.78 is 0. The van der Waals surface area contributed by atoms with E-state index in [-0.39, 0.29) is 5.91 Å². The van der Waals surface area contributed by atoms with E-state index >= 15 is 0 Å².